The number of hydrogen-bond acceptors (Lipinski definition) is 4. The van der Waals surface area contributed by atoms with Gasteiger partial charge in [0.1, 0.15) is 5.60 Å². The molecule has 112 valence electrons. The minimum absolute atomic E-state index is 0.0417. The smallest absolute Gasteiger partial charge is 0.251 e. The molecule has 1 aromatic heterocycles. The summed E-state index contributed by atoms with van der Waals surface area (Å²) < 4.78 is 18.4. The molecule has 0 bridgehead atoms. The van der Waals surface area contributed by atoms with E-state index in [1.165, 1.54) is 30.6 Å². The second-order valence-corrected chi connectivity index (χ2v) is 5.73. The van der Waals surface area contributed by atoms with Crippen molar-refractivity contribution < 1.29 is 19.0 Å². The van der Waals surface area contributed by atoms with Crippen LogP contribution in [0.3, 0.4) is 0 Å². The zero-order valence-corrected chi connectivity index (χ0v) is 12.5. The van der Waals surface area contributed by atoms with E-state index in [0.717, 1.165) is 10.9 Å². The van der Waals surface area contributed by atoms with E-state index >= 15 is 0 Å². The molecular weight excluding hydrogens is 293 g/mol. The van der Waals surface area contributed by atoms with Gasteiger partial charge in [-0.3, -0.25) is 4.79 Å². The first kappa shape index (κ1) is 15.5. The fraction of sp³-hybridized carbons (Fsp3) is 0.267. The highest BCUT2D eigenvalue weighted by Gasteiger charge is 2.25. The fourth-order valence-corrected chi connectivity index (χ4v) is 2.62. The van der Waals surface area contributed by atoms with Crippen LogP contribution in [0.5, 0.6) is 5.75 Å². The minimum Gasteiger partial charge on any atom is -0.494 e. The molecule has 1 heterocycles. The van der Waals surface area contributed by atoms with Crippen LogP contribution < -0.4 is 10.1 Å². The number of rotatable bonds is 5. The number of carbonyl (C=O) groups is 1. The largest absolute Gasteiger partial charge is 0.494 e. The van der Waals surface area contributed by atoms with E-state index < -0.39 is 17.3 Å². The summed E-state index contributed by atoms with van der Waals surface area (Å²) in [7, 11) is 1.36. The lowest BCUT2D eigenvalue weighted by Gasteiger charge is -2.22. The number of amides is 1. The summed E-state index contributed by atoms with van der Waals surface area (Å²) in [5.74, 6) is -0.972. The summed E-state index contributed by atoms with van der Waals surface area (Å²) in [6.45, 7) is 1.66. The maximum atomic E-state index is 13.6. The Labute approximate surface area is 126 Å². The normalized spacial score (nSPS) is 13.5. The predicted molar refractivity (Wildman–Crippen MR) is 79.2 cm³/mol. The van der Waals surface area contributed by atoms with Crippen molar-refractivity contribution in [3.63, 3.8) is 0 Å². The molecule has 1 amide bonds. The molecule has 1 aromatic carbocycles. The Morgan fingerprint density at radius 2 is 2.24 bits per heavy atom. The molecule has 1 unspecified atom stereocenters. The highest BCUT2D eigenvalue weighted by Crippen LogP contribution is 2.24. The van der Waals surface area contributed by atoms with Crippen molar-refractivity contribution in [1.82, 2.24) is 5.32 Å². The van der Waals surface area contributed by atoms with E-state index in [9.17, 15) is 14.3 Å². The first-order valence-electron chi connectivity index (χ1n) is 6.32. The number of benzene rings is 1. The van der Waals surface area contributed by atoms with Crippen molar-refractivity contribution in [1.29, 1.82) is 0 Å². The van der Waals surface area contributed by atoms with Gasteiger partial charge in [0, 0.05) is 10.4 Å². The maximum Gasteiger partial charge on any atom is 0.251 e. The Balaban J connectivity index is 2.03. The molecule has 0 fully saturated rings. The molecule has 0 spiro atoms. The molecule has 6 heteroatoms. The van der Waals surface area contributed by atoms with Crippen LogP contribution >= 0.6 is 11.3 Å². The Bertz CT molecular complexity index is 626. The average molecular weight is 309 g/mol. The van der Waals surface area contributed by atoms with Crippen molar-refractivity contribution in [3.05, 3.63) is 52.0 Å². The zero-order valence-electron chi connectivity index (χ0n) is 11.7. The van der Waals surface area contributed by atoms with E-state index in [1.54, 1.807) is 13.0 Å². The van der Waals surface area contributed by atoms with Crippen LogP contribution in [0.15, 0.2) is 35.7 Å². The van der Waals surface area contributed by atoms with Crippen molar-refractivity contribution in [2.45, 2.75) is 12.5 Å². The van der Waals surface area contributed by atoms with Crippen LogP contribution in [-0.2, 0) is 5.60 Å². The van der Waals surface area contributed by atoms with Crippen LogP contribution in [0.1, 0.15) is 22.2 Å². The summed E-state index contributed by atoms with van der Waals surface area (Å²) >= 11 is 1.41. The molecule has 0 aliphatic rings. The first-order valence-corrected chi connectivity index (χ1v) is 7.20. The van der Waals surface area contributed by atoms with Gasteiger partial charge in [-0.2, -0.15) is 0 Å². The van der Waals surface area contributed by atoms with Crippen molar-refractivity contribution in [3.8, 4) is 5.75 Å². The number of hydrogen-bond donors (Lipinski definition) is 2. The number of thiophene rings is 1. The lowest BCUT2D eigenvalue weighted by atomic mass is 10.0. The van der Waals surface area contributed by atoms with Gasteiger partial charge in [-0.25, -0.2) is 4.39 Å². The predicted octanol–water partition coefficient (Wildman–Crippen LogP) is 2.53. The molecule has 1 atom stereocenters. The van der Waals surface area contributed by atoms with Crippen molar-refractivity contribution in [2.24, 2.45) is 0 Å². The maximum absolute atomic E-state index is 13.6. The van der Waals surface area contributed by atoms with E-state index in [2.05, 4.69) is 5.32 Å². The fourth-order valence-electron chi connectivity index (χ4n) is 1.83. The van der Waals surface area contributed by atoms with Crippen LogP contribution in [0, 0.1) is 5.82 Å². The topological polar surface area (TPSA) is 58.6 Å². The number of halogens is 1. The summed E-state index contributed by atoms with van der Waals surface area (Å²) in [4.78, 5) is 12.7. The van der Waals surface area contributed by atoms with Gasteiger partial charge in [0.15, 0.2) is 11.6 Å². The molecule has 0 radical (unpaired) electrons. The number of methoxy groups -OCH3 is 1. The second-order valence-electron chi connectivity index (χ2n) is 4.78. The van der Waals surface area contributed by atoms with Crippen LogP contribution in [0.2, 0.25) is 0 Å². The Morgan fingerprint density at radius 1 is 1.48 bits per heavy atom. The third-order valence-electron chi connectivity index (χ3n) is 3.06. The molecule has 2 rings (SSSR count). The van der Waals surface area contributed by atoms with Gasteiger partial charge >= 0.3 is 0 Å². The van der Waals surface area contributed by atoms with Gasteiger partial charge in [0.25, 0.3) is 5.91 Å². The van der Waals surface area contributed by atoms with E-state index in [-0.39, 0.29) is 17.9 Å². The number of carbonyl (C=O) groups excluding carboxylic acids is 1. The molecule has 0 aliphatic heterocycles. The van der Waals surface area contributed by atoms with Crippen LogP contribution in [0.25, 0.3) is 0 Å². The lowest BCUT2D eigenvalue weighted by molar-refractivity contribution is 0.0556. The van der Waals surface area contributed by atoms with Crippen molar-refractivity contribution in [2.75, 3.05) is 13.7 Å². The number of nitrogens with one attached hydrogen (secondary N) is 1. The Hall–Kier alpha value is -1.92. The molecule has 4 nitrogen and oxygen atoms in total. The van der Waals surface area contributed by atoms with Crippen molar-refractivity contribution >= 4 is 17.2 Å². The van der Waals surface area contributed by atoms with E-state index in [4.69, 9.17) is 4.74 Å². The lowest BCUT2D eigenvalue weighted by Crippen LogP contribution is -2.38. The highest BCUT2D eigenvalue weighted by atomic mass is 32.1. The molecule has 2 aromatic rings. The molecule has 0 aliphatic carbocycles. The molecule has 0 saturated heterocycles. The monoisotopic (exact) mass is 309 g/mol. The Morgan fingerprint density at radius 3 is 2.81 bits per heavy atom. The number of ether oxygens (including phenoxy) is 1. The zero-order chi connectivity index (χ0) is 15.5. The van der Waals surface area contributed by atoms with Gasteiger partial charge < -0.3 is 15.2 Å². The molecular formula is C15H16FNO3S. The highest BCUT2D eigenvalue weighted by molar-refractivity contribution is 7.10. The summed E-state index contributed by atoms with van der Waals surface area (Å²) in [5.41, 5.74) is -0.982. The van der Waals surface area contributed by atoms with Gasteiger partial charge in [0.05, 0.1) is 13.7 Å². The van der Waals surface area contributed by atoms with Gasteiger partial charge in [-0.15, -0.1) is 11.3 Å². The van der Waals surface area contributed by atoms with Gasteiger partial charge in [0.2, 0.25) is 0 Å². The standard InChI is InChI=1S/C15H16FNO3S/c1-15(19,13-4-3-7-21-13)9-17-14(18)10-5-6-12(20-2)11(16)8-10/h3-8,19H,9H2,1-2H3,(H,17,18). The summed E-state index contributed by atoms with van der Waals surface area (Å²) in [5, 5.41) is 14.8. The summed E-state index contributed by atoms with van der Waals surface area (Å²) in [6.07, 6.45) is 0. The Kier molecular flexibility index (Phi) is 4.59. The van der Waals surface area contributed by atoms with Crippen LogP contribution in [0.4, 0.5) is 4.39 Å². The average Bonchev–Trinajstić information content (AvgIpc) is 2.99. The third kappa shape index (κ3) is 3.59. The first-order chi connectivity index (χ1) is 9.94. The molecule has 0 saturated carbocycles. The van der Waals surface area contributed by atoms with E-state index in [0.29, 0.717) is 0 Å². The summed E-state index contributed by atoms with van der Waals surface area (Å²) in [6, 6.07) is 7.59. The second kappa shape index (κ2) is 6.24. The molecule has 21 heavy (non-hydrogen) atoms. The molecule has 2 N–H and O–H groups in total. The third-order valence-corrected chi connectivity index (χ3v) is 4.18. The van der Waals surface area contributed by atoms with Gasteiger partial charge in [-0.1, -0.05) is 6.07 Å². The quantitative estimate of drug-likeness (QED) is 0.892. The SMILES string of the molecule is COc1ccc(C(=O)NCC(C)(O)c2cccs2)cc1F. The van der Waals surface area contributed by atoms with E-state index in [1.807, 2.05) is 11.4 Å². The van der Waals surface area contributed by atoms with Gasteiger partial charge in [-0.05, 0) is 36.6 Å². The van der Waals surface area contributed by atoms with Crippen LogP contribution in [-0.4, -0.2) is 24.7 Å². The number of aliphatic hydroxyl groups is 1. The minimum atomic E-state index is -1.16.